The van der Waals surface area contributed by atoms with E-state index in [4.69, 9.17) is 0 Å². The van der Waals surface area contributed by atoms with E-state index in [1.54, 1.807) is 0 Å². The van der Waals surface area contributed by atoms with E-state index in [1.165, 1.54) is 13.1 Å². The van der Waals surface area contributed by atoms with Gasteiger partial charge in [0.05, 0.1) is 17.3 Å². The molecule has 0 aliphatic carbocycles. The fourth-order valence-corrected chi connectivity index (χ4v) is 1.97. The summed E-state index contributed by atoms with van der Waals surface area (Å²) in [5.74, 6) is -1.59. The molecule has 1 aromatic heterocycles. The van der Waals surface area contributed by atoms with Crippen LogP contribution < -0.4 is 5.32 Å². The molecule has 112 valence electrons. The zero-order valence-electron chi connectivity index (χ0n) is 10.9. The van der Waals surface area contributed by atoms with E-state index in [9.17, 15) is 22.0 Å². The van der Waals surface area contributed by atoms with E-state index in [-0.39, 0.29) is 11.3 Å². The van der Waals surface area contributed by atoms with Crippen molar-refractivity contribution in [2.45, 2.75) is 12.2 Å². The van der Waals surface area contributed by atoms with Gasteiger partial charge in [0.1, 0.15) is 11.6 Å². The third-order valence-electron chi connectivity index (χ3n) is 2.99. The van der Waals surface area contributed by atoms with Crippen molar-refractivity contribution in [3.63, 3.8) is 0 Å². The van der Waals surface area contributed by atoms with Crippen LogP contribution in [0.1, 0.15) is 22.9 Å². The predicted molar refractivity (Wildman–Crippen MR) is 66.5 cm³/mol. The van der Waals surface area contributed by atoms with Crippen LogP contribution in [0.4, 0.5) is 22.0 Å². The number of hydrogen-bond acceptors (Lipinski definition) is 2. The van der Waals surface area contributed by atoms with Gasteiger partial charge in [-0.05, 0) is 31.3 Å². The Morgan fingerprint density at radius 2 is 1.67 bits per heavy atom. The lowest BCUT2D eigenvalue weighted by molar-refractivity contribution is -0.137. The molecule has 21 heavy (non-hydrogen) atoms. The second kappa shape index (κ2) is 5.77. The first kappa shape index (κ1) is 15.4. The third-order valence-corrected chi connectivity index (χ3v) is 2.99. The van der Waals surface area contributed by atoms with Crippen LogP contribution in [-0.4, -0.2) is 12.0 Å². The molecule has 2 aromatic rings. The zero-order chi connectivity index (χ0) is 15.6. The van der Waals surface area contributed by atoms with Crippen molar-refractivity contribution < 1.29 is 22.0 Å². The van der Waals surface area contributed by atoms with Crippen molar-refractivity contribution in [1.82, 2.24) is 10.3 Å². The molecular weight excluding hydrogens is 291 g/mol. The number of nitrogens with zero attached hydrogens (tertiary/aromatic N) is 1. The molecular formula is C14H11F5N2. The number of hydrogen-bond donors (Lipinski definition) is 1. The second-order valence-electron chi connectivity index (χ2n) is 4.33. The Morgan fingerprint density at radius 1 is 1.05 bits per heavy atom. The first-order chi connectivity index (χ1) is 9.84. The maximum atomic E-state index is 13.8. The normalized spacial score (nSPS) is 13.2. The van der Waals surface area contributed by atoms with Gasteiger partial charge >= 0.3 is 6.18 Å². The molecule has 1 N–H and O–H groups in total. The lowest BCUT2D eigenvalue weighted by Gasteiger charge is -2.18. The van der Waals surface area contributed by atoms with Crippen molar-refractivity contribution in [2.24, 2.45) is 0 Å². The molecule has 0 radical (unpaired) electrons. The van der Waals surface area contributed by atoms with E-state index >= 15 is 0 Å². The minimum absolute atomic E-state index is 0.0921. The molecule has 0 aliphatic rings. The van der Waals surface area contributed by atoms with Crippen LogP contribution in [0.3, 0.4) is 0 Å². The van der Waals surface area contributed by atoms with Crippen LogP contribution in [-0.2, 0) is 6.18 Å². The summed E-state index contributed by atoms with van der Waals surface area (Å²) in [6, 6.07) is 4.30. The molecule has 0 spiro atoms. The Balaban J connectivity index is 2.43. The summed E-state index contributed by atoms with van der Waals surface area (Å²) < 4.78 is 64.9. The Hall–Kier alpha value is -2.02. The predicted octanol–water partition coefficient (Wildman–Crippen LogP) is 3.69. The lowest BCUT2D eigenvalue weighted by atomic mass is 10.0. The van der Waals surface area contributed by atoms with Crippen molar-refractivity contribution in [1.29, 1.82) is 0 Å². The van der Waals surface area contributed by atoms with Gasteiger partial charge in [-0.25, -0.2) is 8.78 Å². The van der Waals surface area contributed by atoms with Gasteiger partial charge in [-0.2, -0.15) is 13.2 Å². The summed E-state index contributed by atoms with van der Waals surface area (Å²) in [6.07, 6.45) is -3.87. The molecule has 0 saturated heterocycles. The Labute approximate surface area is 117 Å². The quantitative estimate of drug-likeness (QED) is 0.875. The topological polar surface area (TPSA) is 24.9 Å². The van der Waals surface area contributed by atoms with E-state index in [1.807, 2.05) is 0 Å². The van der Waals surface area contributed by atoms with Crippen LogP contribution in [0.2, 0.25) is 0 Å². The lowest BCUT2D eigenvalue weighted by Crippen LogP contribution is -2.22. The number of alkyl halides is 3. The summed E-state index contributed by atoms with van der Waals surface area (Å²) in [5, 5.41) is 2.65. The summed E-state index contributed by atoms with van der Waals surface area (Å²) in [6.45, 7) is 0. The molecule has 0 bridgehead atoms. The van der Waals surface area contributed by atoms with Crippen LogP contribution in [0.25, 0.3) is 0 Å². The minimum atomic E-state index is -4.51. The smallest absolute Gasteiger partial charge is 0.308 e. The van der Waals surface area contributed by atoms with Gasteiger partial charge in [0.2, 0.25) is 0 Å². The largest absolute Gasteiger partial charge is 0.417 e. The van der Waals surface area contributed by atoms with Gasteiger partial charge < -0.3 is 5.32 Å². The average molecular weight is 302 g/mol. The van der Waals surface area contributed by atoms with Crippen molar-refractivity contribution in [3.05, 3.63) is 65.0 Å². The van der Waals surface area contributed by atoms with E-state index < -0.39 is 29.4 Å². The summed E-state index contributed by atoms with van der Waals surface area (Å²) in [7, 11) is 1.44. The number of rotatable bonds is 3. The first-order valence-electron chi connectivity index (χ1n) is 5.99. The molecule has 0 aliphatic heterocycles. The molecule has 7 heteroatoms. The number of aromatic nitrogens is 1. The standard InChI is InChI=1S/C14H11F5N2/c1-20-13(12-9(15)3-2-4-10(12)16)11-6-5-8(7-21-11)14(17,18)19/h2-7,13,20H,1H3. The Kier molecular flexibility index (Phi) is 4.22. The molecule has 0 saturated carbocycles. The van der Waals surface area contributed by atoms with Crippen LogP contribution in [0.15, 0.2) is 36.5 Å². The van der Waals surface area contributed by atoms with Crippen LogP contribution in [0.5, 0.6) is 0 Å². The van der Waals surface area contributed by atoms with Crippen LogP contribution >= 0.6 is 0 Å². The zero-order valence-corrected chi connectivity index (χ0v) is 10.9. The number of halogens is 5. The highest BCUT2D eigenvalue weighted by atomic mass is 19.4. The molecule has 1 atom stereocenters. The van der Waals surface area contributed by atoms with Gasteiger partial charge in [0, 0.05) is 11.8 Å². The van der Waals surface area contributed by atoms with Gasteiger partial charge in [0.15, 0.2) is 0 Å². The second-order valence-corrected chi connectivity index (χ2v) is 4.33. The van der Waals surface area contributed by atoms with Gasteiger partial charge in [0.25, 0.3) is 0 Å². The highest BCUT2D eigenvalue weighted by Crippen LogP contribution is 2.30. The first-order valence-corrected chi connectivity index (χ1v) is 5.99. The maximum absolute atomic E-state index is 13.8. The van der Waals surface area contributed by atoms with Crippen molar-refractivity contribution >= 4 is 0 Å². The van der Waals surface area contributed by atoms with Gasteiger partial charge in [-0.1, -0.05) is 6.07 Å². The molecule has 1 unspecified atom stereocenters. The van der Waals surface area contributed by atoms with E-state index in [2.05, 4.69) is 10.3 Å². The molecule has 0 amide bonds. The fourth-order valence-electron chi connectivity index (χ4n) is 1.97. The maximum Gasteiger partial charge on any atom is 0.417 e. The van der Waals surface area contributed by atoms with Crippen LogP contribution in [0, 0.1) is 11.6 Å². The molecule has 0 fully saturated rings. The van der Waals surface area contributed by atoms with Crippen molar-refractivity contribution in [3.8, 4) is 0 Å². The molecule has 2 nitrogen and oxygen atoms in total. The summed E-state index contributed by atoms with van der Waals surface area (Å²) in [4.78, 5) is 3.66. The third kappa shape index (κ3) is 3.18. The SMILES string of the molecule is CNC(c1ccc(C(F)(F)F)cn1)c1c(F)cccc1F. The van der Waals surface area contributed by atoms with Crippen molar-refractivity contribution in [2.75, 3.05) is 7.05 Å². The highest BCUT2D eigenvalue weighted by Gasteiger charge is 2.31. The molecule has 2 rings (SSSR count). The number of pyridine rings is 1. The minimum Gasteiger partial charge on any atom is -0.308 e. The van der Waals surface area contributed by atoms with E-state index in [0.717, 1.165) is 24.3 Å². The van der Waals surface area contributed by atoms with Gasteiger partial charge in [-0.3, -0.25) is 4.98 Å². The van der Waals surface area contributed by atoms with Gasteiger partial charge in [-0.15, -0.1) is 0 Å². The average Bonchev–Trinajstić information content (AvgIpc) is 2.42. The summed E-state index contributed by atoms with van der Waals surface area (Å²) >= 11 is 0. The Morgan fingerprint density at radius 3 is 2.10 bits per heavy atom. The molecule has 1 aromatic carbocycles. The Bertz CT molecular complexity index is 602. The monoisotopic (exact) mass is 302 g/mol. The molecule has 1 heterocycles. The fraction of sp³-hybridized carbons (Fsp3) is 0.214. The summed E-state index contributed by atoms with van der Waals surface area (Å²) in [5.41, 5.74) is -1.11. The number of benzene rings is 1. The van der Waals surface area contributed by atoms with E-state index in [0.29, 0.717) is 6.20 Å². The highest BCUT2D eigenvalue weighted by molar-refractivity contribution is 5.31. The number of nitrogens with one attached hydrogen (secondary N) is 1.